The maximum absolute atomic E-state index is 6.01. The molecule has 0 bridgehead atoms. The quantitative estimate of drug-likeness (QED) is 0.899. The van der Waals surface area contributed by atoms with Crippen molar-refractivity contribution in [2.24, 2.45) is 5.73 Å². The molecule has 1 atom stereocenters. The Kier molecular flexibility index (Phi) is 4.64. The molecule has 1 unspecified atom stereocenters. The van der Waals surface area contributed by atoms with Gasteiger partial charge in [0.25, 0.3) is 0 Å². The molecule has 96 valence electrons. The molecule has 0 saturated carbocycles. The Morgan fingerprint density at radius 3 is 2.44 bits per heavy atom. The average molecular weight is 281 g/mol. The fraction of sp³-hybridized carbons (Fsp3) is 0.286. The molecule has 18 heavy (non-hydrogen) atoms. The molecule has 0 saturated heterocycles. The second-order valence-electron chi connectivity index (χ2n) is 4.01. The Balaban J connectivity index is 2.30. The van der Waals surface area contributed by atoms with Crippen LogP contribution >= 0.6 is 22.9 Å². The van der Waals surface area contributed by atoms with E-state index in [0.29, 0.717) is 6.54 Å². The first kappa shape index (κ1) is 13.4. The number of thiophene rings is 1. The van der Waals surface area contributed by atoms with E-state index < -0.39 is 0 Å². The van der Waals surface area contributed by atoms with Crippen molar-refractivity contribution in [3.05, 3.63) is 51.7 Å². The first-order valence-corrected chi connectivity index (χ1v) is 7.22. The highest BCUT2D eigenvalue weighted by Crippen LogP contribution is 2.32. The maximum atomic E-state index is 6.01. The van der Waals surface area contributed by atoms with E-state index in [9.17, 15) is 0 Å². The van der Waals surface area contributed by atoms with E-state index in [2.05, 4.69) is 30.0 Å². The number of hydrogen-bond acceptors (Lipinski definition) is 3. The first-order chi connectivity index (χ1) is 8.76. The van der Waals surface area contributed by atoms with Gasteiger partial charge in [-0.15, -0.1) is 11.3 Å². The molecule has 2 aromatic rings. The van der Waals surface area contributed by atoms with Crippen molar-refractivity contribution >= 4 is 28.6 Å². The Bertz CT molecular complexity index is 484. The molecule has 1 heterocycles. The van der Waals surface area contributed by atoms with Crippen LogP contribution in [0.25, 0.3) is 0 Å². The molecule has 0 aliphatic rings. The van der Waals surface area contributed by atoms with Gasteiger partial charge in [-0.25, -0.2) is 0 Å². The van der Waals surface area contributed by atoms with E-state index in [-0.39, 0.29) is 6.04 Å². The predicted molar refractivity (Wildman–Crippen MR) is 80.6 cm³/mol. The molecule has 0 aliphatic carbocycles. The Morgan fingerprint density at radius 1 is 1.22 bits per heavy atom. The van der Waals surface area contributed by atoms with Crippen LogP contribution in [-0.4, -0.2) is 13.1 Å². The SMILES string of the molecule is CCN(c1ccccc1)C(CN)c1ccc(Cl)s1. The van der Waals surface area contributed by atoms with E-state index in [0.717, 1.165) is 10.9 Å². The number of rotatable bonds is 5. The lowest BCUT2D eigenvalue weighted by Crippen LogP contribution is -2.33. The number of anilines is 1. The summed E-state index contributed by atoms with van der Waals surface area (Å²) in [5, 5.41) is 0. The molecular formula is C14H17ClN2S. The van der Waals surface area contributed by atoms with E-state index in [1.165, 1.54) is 10.6 Å². The van der Waals surface area contributed by atoms with Crippen molar-refractivity contribution in [3.8, 4) is 0 Å². The standard InChI is InChI=1S/C14H17ClN2S/c1-2-17(11-6-4-3-5-7-11)12(10-16)13-8-9-14(15)18-13/h3-9,12H,2,10,16H2,1H3. The zero-order valence-corrected chi connectivity index (χ0v) is 11.9. The average Bonchev–Trinajstić information content (AvgIpc) is 2.83. The molecule has 0 aliphatic heterocycles. The zero-order chi connectivity index (χ0) is 13.0. The Labute approximate surface area is 117 Å². The number of nitrogens with two attached hydrogens (primary N) is 1. The topological polar surface area (TPSA) is 29.3 Å². The van der Waals surface area contributed by atoms with Crippen molar-refractivity contribution in [3.63, 3.8) is 0 Å². The molecule has 1 aromatic heterocycles. The van der Waals surface area contributed by atoms with Gasteiger partial charge < -0.3 is 10.6 Å². The van der Waals surface area contributed by atoms with Crippen molar-refractivity contribution < 1.29 is 0 Å². The molecule has 0 fully saturated rings. The number of halogens is 1. The number of likely N-dealkylation sites (N-methyl/N-ethyl adjacent to an activating group) is 1. The molecule has 2 N–H and O–H groups in total. The smallest absolute Gasteiger partial charge is 0.0932 e. The van der Waals surface area contributed by atoms with Gasteiger partial charge in [-0.1, -0.05) is 29.8 Å². The van der Waals surface area contributed by atoms with Gasteiger partial charge in [-0.05, 0) is 31.2 Å². The summed E-state index contributed by atoms with van der Waals surface area (Å²) in [6.45, 7) is 3.64. The molecule has 2 rings (SSSR count). The Morgan fingerprint density at radius 2 is 1.94 bits per heavy atom. The van der Waals surface area contributed by atoms with Gasteiger partial charge in [0.15, 0.2) is 0 Å². The minimum absolute atomic E-state index is 0.190. The summed E-state index contributed by atoms with van der Waals surface area (Å²) in [5.74, 6) is 0. The van der Waals surface area contributed by atoms with E-state index in [4.69, 9.17) is 17.3 Å². The summed E-state index contributed by atoms with van der Waals surface area (Å²) in [6, 6.07) is 14.5. The van der Waals surface area contributed by atoms with Crippen LogP contribution in [0.3, 0.4) is 0 Å². The normalized spacial score (nSPS) is 12.4. The molecular weight excluding hydrogens is 264 g/mol. The second kappa shape index (κ2) is 6.23. The van der Waals surface area contributed by atoms with Crippen LogP contribution in [0.5, 0.6) is 0 Å². The summed E-state index contributed by atoms with van der Waals surface area (Å²) in [6.07, 6.45) is 0. The maximum Gasteiger partial charge on any atom is 0.0932 e. The largest absolute Gasteiger partial charge is 0.363 e. The van der Waals surface area contributed by atoms with Crippen LogP contribution in [0.15, 0.2) is 42.5 Å². The van der Waals surface area contributed by atoms with E-state index >= 15 is 0 Å². The Hall–Kier alpha value is -1.03. The molecule has 4 heteroatoms. The van der Waals surface area contributed by atoms with Crippen molar-refractivity contribution in [2.75, 3.05) is 18.0 Å². The number of nitrogens with zero attached hydrogens (tertiary/aromatic N) is 1. The lowest BCUT2D eigenvalue weighted by atomic mass is 10.1. The van der Waals surface area contributed by atoms with Gasteiger partial charge in [-0.3, -0.25) is 0 Å². The molecule has 0 spiro atoms. The molecule has 2 nitrogen and oxygen atoms in total. The second-order valence-corrected chi connectivity index (χ2v) is 5.76. The summed E-state index contributed by atoms with van der Waals surface area (Å²) in [7, 11) is 0. The van der Waals surface area contributed by atoms with Crippen LogP contribution < -0.4 is 10.6 Å². The molecule has 0 amide bonds. The van der Waals surface area contributed by atoms with Crippen LogP contribution in [0.4, 0.5) is 5.69 Å². The predicted octanol–water partition coefficient (Wildman–Crippen LogP) is 3.93. The van der Waals surface area contributed by atoms with Gasteiger partial charge in [0, 0.05) is 23.7 Å². The summed E-state index contributed by atoms with van der Waals surface area (Å²) in [4.78, 5) is 3.52. The van der Waals surface area contributed by atoms with Gasteiger partial charge in [0.2, 0.25) is 0 Å². The third-order valence-electron chi connectivity index (χ3n) is 2.95. The minimum atomic E-state index is 0.190. The van der Waals surface area contributed by atoms with Gasteiger partial charge in [0.05, 0.1) is 10.4 Å². The minimum Gasteiger partial charge on any atom is -0.363 e. The van der Waals surface area contributed by atoms with Gasteiger partial charge >= 0.3 is 0 Å². The number of hydrogen-bond donors (Lipinski definition) is 1. The van der Waals surface area contributed by atoms with Crippen LogP contribution in [0.2, 0.25) is 4.34 Å². The van der Waals surface area contributed by atoms with E-state index in [1.54, 1.807) is 11.3 Å². The van der Waals surface area contributed by atoms with Crippen molar-refractivity contribution in [2.45, 2.75) is 13.0 Å². The molecule has 0 radical (unpaired) electrons. The lowest BCUT2D eigenvalue weighted by Gasteiger charge is -2.31. The molecule has 1 aromatic carbocycles. The highest BCUT2D eigenvalue weighted by atomic mass is 35.5. The summed E-state index contributed by atoms with van der Waals surface area (Å²) in [5.41, 5.74) is 7.14. The zero-order valence-electron chi connectivity index (χ0n) is 10.3. The van der Waals surface area contributed by atoms with Crippen LogP contribution in [-0.2, 0) is 0 Å². The van der Waals surface area contributed by atoms with Crippen molar-refractivity contribution in [1.29, 1.82) is 0 Å². The van der Waals surface area contributed by atoms with Crippen LogP contribution in [0.1, 0.15) is 17.8 Å². The highest BCUT2D eigenvalue weighted by Gasteiger charge is 2.19. The third-order valence-corrected chi connectivity index (χ3v) is 4.28. The van der Waals surface area contributed by atoms with Crippen molar-refractivity contribution in [1.82, 2.24) is 0 Å². The van der Waals surface area contributed by atoms with E-state index in [1.807, 2.05) is 24.3 Å². The third kappa shape index (κ3) is 2.86. The summed E-state index contributed by atoms with van der Waals surface area (Å²) >= 11 is 7.62. The van der Waals surface area contributed by atoms with Gasteiger partial charge in [0.1, 0.15) is 0 Å². The number of para-hydroxylation sites is 1. The first-order valence-electron chi connectivity index (χ1n) is 6.03. The fourth-order valence-electron chi connectivity index (χ4n) is 2.11. The van der Waals surface area contributed by atoms with Crippen LogP contribution in [0, 0.1) is 0 Å². The highest BCUT2D eigenvalue weighted by molar-refractivity contribution is 7.16. The monoisotopic (exact) mass is 280 g/mol. The number of benzene rings is 1. The summed E-state index contributed by atoms with van der Waals surface area (Å²) < 4.78 is 0.813. The fourth-order valence-corrected chi connectivity index (χ4v) is 3.29. The van der Waals surface area contributed by atoms with Gasteiger partial charge in [-0.2, -0.15) is 0 Å². The lowest BCUT2D eigenvalue weighted by molar-refractivity contribution is 0.653.